The highest BCUT2D eigenvalue weighted by molar-refractivity contribution is 8.52. The van der Waals surface area contributed by atoms with Crippen LogP contribution >= 0.6 is 18.4 Å². The molecular weight excluding hydrogens is 203 g/mol. The minimum atomic E-state index is -4.86. The Bertz CT molecular complexity index is 198. The van der Waals surface area contributed by atoms with Crippen molar-refractivity contribution in [3.8, 4) is 0 Å². The quantitative estimate of drug-likeness (QED) is 0.294. The SMILES string of the molecule is O=P(O)(O)[SH](=O)(O)CCCl. The standard InChI is InChI=1S/C2H8ClO5PS/c3-1-2-10(7,8)9(4,5)6/h10H,1-2H2,(H,7,8)(H2,4,5,6). The van der Waals surface area contributed by atoms with E-state index >= 15 is 0 Å². The first-order valence-electron chi connectivity index (χ1n) is 2.25. The van der Waals surface area contributed by atoms with Crippen molar-refractivity contribution < 1.29 is 23.1 Å². The van der Waals surface area contributed by atoms with Crippen molar-refractivity contribution in [2.75, 3.05) is 11.6 Å². The Hall–Kier alpha value is 0.550. The second-order valence-electron chi connectivity index (χ2n) is 1.59. The summed E-state index contributed by atoms with van der Waals surface area (Å²) in [5.74, 6) is -0.794. The Balaban J connectivity index is 4.43. The van der Waals surface area contributed by atoms with E-state index in [4.69, 9.17) is 25.9 Å². The van der Waals surface area contributed by atoms with Crippen LogP contribution in [0.1, 0.15) is 0 Å². The summed E-state index contributed by atoms with van der Waals surface area (Å²) < 4.78 is 29.3. The van der Waals surface area contributed by atoms with Gasteiger partial charge in [0, 0.05) is 5.88 Å². The predicted molar refractivity (Wildman–Crippen MR) is 39.8 cm³/mol. The fourth-order valence-corrected chi connectivity index (χ4v) is 2.84. The molecule has 0 aromatic rings. The first kappa shape index (κ1) is 10.6. The van der Waals surface area contributed by atoms with Crippen molar-refractivity contribution in [1.29, 1.82) is 0 Å². The Kier molecular flexibility index (Phi) is 3.48. The van der Waals surface area contributed by atoms with Gasteiger partial charge in [0.05, 0.1) is 5.75 Å². The minimum absolute atomic E-state index is 0.237. The topological polar surface area (TPSA) is 94.8 Å². The molecule has 0 aromatic carbocycles. The molecule has 64 valence electrons. The Labute approximate surface area is 63.6 Å². The Morgan fingerprint density at radius 2 is 1.90 bits per heavy atom. The lowest BCUT2D eigenvalue weighted by Gasteiger charge is -2.21. The van der Waals surface area contributed by atoms with Gasteiger partial charge in [0.1, 0.15) is 0 Å². The minimum Gasteiger partial charge on any atom is -0.310 e. The maximum Gasteiger partial charge on any atom is 0.434 e. The highest BCUT2D eigenvalue weighted by atomic mass is 35.5. The largest absolute Gasteiger partial charge is 0.434 e. The van der Waals surface area contributed by atoms with E-state index in [9.17, 15) is 8.77 Å². The van der Waals surface area contributed by atoms with Crippen LogP contribution in [0.15, 0.2) is 0 Å². The molecule has 10 heavy (non-hydrogen) atoms. The molecule has 0 fully saturated rings. The first-order chi connectivity index (χ1) is 4.31. The number of halogens is 1. The third kappa shape index (κ3) is 2.65. The predicted octanol–water partition coefficient (Wildman–Crippen LogP) is -0.192. The summed E-state index contributed by atoms with van der Waals surface area (Å²) in [6.07, 6.45) is 0. The van der Waals surface area contributed by atoms with Gasteiger partial charge in [0.2, 0.25) is 0 Å². The van der Waals surface area contributed by atoms with Gasteiger partial charge in [0.15, 0.2) is 0 Å². The van der Waals surface area contributed by atoms with Crippen LogP contribution in [-0.2, 0) is 14.4 Å². The van der Waals surface area contributed by atoms with Gasteiger partial charge in [-0.05, 0) is 0 Å². The summed E-state index contributed by atoms with van der Waals surface area (Å²) >= 11 is 5.02. The number of hydrogen-bond donors (Lipinski definition) is 4. The van der Waals surface area contributed by atoms with Crippen LogP contribution < -0.4 is 0 Å². The van der Waals surface area contributed by atoms with Crippen LogP contribution in [-0.4, -0.2) is 30.2 Å². The normalized spacial score (nSPS) is 15.2. The molecule has 0 unspecified atom stereocenters. The molecule has 3 N–H and O–H groups in total. The van der Waals surface area contributed by atoms with Crippen LogP contribution in [0.4, 0.5) is 0 Å². The molecule has 0 aliphatic carbocycles. The van der Waals surface area contributed by atoms with Gasteiger partial charge in [-0.2, -0.15) is 0 Å². The second kappa shape index (κ2) is 3.30. The van der Waals surface area contributed by atoms with Gasteiger partial charge < -0.3 is 9.79 Å². The second-order valence-corrected chi connectivity index (χ2v) is 8.21. The zero-order valence-electron chi connectivity index (χ0n) is 4.84. The van der Waals surface area contributed by atoms with Gasteiger partial charge in [-0.15, -0.1) is 21.4 Å². The monoisotopic (exact) mass is 210 g/mol. The summed E-state index contributed by atoms with van der Waals surface area (Å²) in [7, 11) is -4.34. The molecule has 0 saturated heterocycles. The van der Waals surface area contributed by atoms with Crippen molar-refractivity contribution in [2.45, 2.75) is 0 Å². The van der Waals surface area contributed by atoms with Crippen LogP contribution in [0.3, 0.4) is 0 Å². The van der Waals surface area contributed by atoms with Crippen LogP contribution in [0.2, 0.25) is 0 Å². The molecule has 0 aromatic heterocycles. The summed E-state index contributed by atoms with van der Waals surface area (Å²) in [5.41, 5.74) is 0. The van der Waals surface area contributed by atoms with Crippen molar-refractivity contribution in [1.82, 2.24) is 0 Å². The average molecular weight is 211 g/mol. The molecule has 0 bridgehead atoms. The average Bonchev–Trinajstić information content (AvgIpc) is 1.61. The number of thiol groups is 1. The molecule has 8 heteroatoms. The maximum absolute atomic E-state index is 10.5. The van der Waals surface area contributed by atoms with E-state index in [1.807, 2.05) is 0 Å². The van der Waals surface area contributed by atoms with E-state index in [0.29, 0.717) is 0 Å². The van der Waals surface area contributed by atoms with E-state index < -0.39 is 22.4 Å². The molecule has 5 nitrogen and oxygen atoms in total. The van der Waals surface area contributed by atoms with Crippen molar-refractivity contribution >= 4 is 28.2 Å². The molecule has 0 atom stereocenters. The number of alkyl halides is 1. The zero-order chi connectivity index (χ0) is 8.41. The van der Waals surface area contributed by atoms with Gasteiger partial charge >= 0.3 is 6.80 Å². The molecule has 0 heterocycles. The Morgan fingerprint density at radius 1 is 1.50 bits per heavy atom. The lowest BCUT2D eigenvalue weighted by atomic mass is 11.0. The summed E-state index contributed by atoms with van der Waals surface area (Å²) in [4.78, 5) is 16.4. The van der Waals surface area contributed by atoms with Gasteiger partial charge in [-0.25, -0.2) is 8.77 Å². The van der Waals surface area contributed by atoms with Crippen molar-refractivity contribution in [3.63, 3.8) is 0 Å². The van der Waals surface area contributed by atoms with Crippen molar-refractivity contribution in [2.24, 2.45) is 0 Å². The lowest BCUT2D eigenvalue weighted by molar-refractivity contribution is 0.385. The number of rotatable bonds is 3. The molecule has 0 aliphatic rings. The molecule has 0 rings (SSSR count). The van der Waals surface area contributed by atoms with Gasteiger partial charge in [0.25, 0.3) is 0 Å². The van der Waals surface area contributed by atoms with E-state index in [1.165, 1.54) is 0 Å². The molecule has 0 aliphatic heterocycles. The van der Waals surface area contributed by atoms with Crippen LogP contribution in [0.25, 0.3) is 0 Å². The van der Waals surface area contributed by atoms with Crippen LogP contribution in [0, 0.1) is 0 Å². The number of hydrogen-bond acceptors (Lipinski definition) is 2. The van der Waals surface area contributed by atoms with Crippen molar-refractivity contribution in [3.05, 3.63) is 0 Å². The molecule has 0 saturated carbocycles. The summed E-state index contributed by atoms with van der Waals surface area (Å²) in [5, 5.41) is 0. The maximum atomic E-state index is 10.5. The van der Waals surface area contributed by atoms with Crippen LogP contribution in [0.5, 0.6) is 0 Å². The Morgan fingerprint density at radius 3 is 2.00 bits per heavy atom. The fourth-order valence-electron chi connectivity index (χ4n) is 0.240. The zero-order valence-corrected chi connectivity index (χ0v) is 7.39. The van der Waals surface area contributed by atoms with E-state index in [-0.39, 0.29) is 5.88 Å². The van der Waals surface area contributed by atoms with E-state index in [2.05, 4.69) is 0 Å². The third-order valence-corrected chi connectivity index (χ3v) is 5.90. The summed E-state index contributed by atoms with van der Waals surface area (Å²) in [6.45, 7) is -4.86. The lowest BCUT2D eigenvalue weighted by Crippen LogP contribution is -2.15. The smallest absolute Gasteiger partial charge is 0.310 e. The summed E-state index contributed by atoms with van der Waals surface area (Å²) in [6, 6.07) is 0. The van der Waals surface area contributed by atoms with Gasteiger partial charge in [-0.3, -0.25) is 4.55 Å². The fraction of sp³-hybridized carbons (Fsp3) is 1.00. The van der Waals surface area contributed by atoms with Gasteiger partial charge in [-0.1, -0.05) is 0 Å². The van der Waals surface area contributed by atoms with E-state index in [0.717, 1.165) is 0 Å². The highest BCUT2D eigenvalue weighted by Gasteiger charge is 2.27. The molecule has 0 radical (unpaired) electrons. The molecule has 0 spiro atoms. The third-order valence-electron chi connectivity index (χ3n) is 0.783. The molecule has 0 amide bonds. The highest BCUT2D eigenvalue weighted by Crippen LogP contribution is 2.47. The van der Waals surface area contributed by atoms with E-state index in [1.54, 1.807) is 0 Å². The molecular formula is C2H8ClO5PS. The first-order valence-corrected chi connectivity index (χ1v) is 6.95.